The summed E-state index contributed by atoms with van der Waals surface area (Å²) in [4.78, 5) is 25.8. The molecule has 1 aliphatic heterocycles. The maximum Gasteiger partial charge on any atom is 0.230 e. The summed E-state index contributed by atoms with van der Waals surface area (Å²) >= 11 is 0. The number of carbonyl (C=O) groups is 2. The maximum absolute atomic E-state index is 12.2. The zero-order valence-electron chi connectivity index (χ0n) is 11.7. The van der Waals surface area contributed by atoms with Crippen LogP contribution in [-0.2, 0) is 9.59 Å². The largest absolute Gasteiger partial charge is 0.274 e. The van der Waals surface area contributed by atoms with Gasteiger partial charge in [0.05, 0.1) is 6.07 Å². The molecule has 2 fully saturated rings. The SMILES string of the molecule is CC1CC(=O)N(C2(C#N)CCCCCCC2)C(=O)C1. The molecule has 2 amide bonds. The third kappa shape index (κ3) is 2.80. The molecule has 1 saturated carbocycles. The Morgan fingerprint density at radius 1 is 1.05 bits per heavy atom. The lowest BCUT2D eigenvalue weighted by Crippen LogP contribution is -2.57. The Balaban J connectivity index is 2.25. The Labute approximate surface area is 114 Å². The highest BCUT2D eigenvalue weighted by atomic mass is 16.2. The minimum Gasteiger partial charge on any atom is -0.274 e. The van der Waals surface area contributed by atoms with Gasteiger partial charge < -0.3 is 0 Å². The molecular weight excluding hydrogens is 240 g/mol. The van der Waals surface area contributed by atoms with Gasteiger partial charge in [-0.05, 0) is 18.8 Å². The van der Waals surface area contributed by atoms with Crippen LogP contribution in [0.5, 0.6) is 0 Å². The minimum absolute atomic E-state index is 0.112. The Bertz CT molecular complexity index is 385. The van der Waals surface area contributed by atoms with Crippen molar-refractivity contribution in [3.05, 3.63) is 0 Å². The minimum atomic E-state index is -0.866. The average molecular weight is 262 g/mol. The summed E-state index contributed by atoms with van der Waals surface area (Å²) in [6, 6.07) is 2.31. The van der Waals surface area contributed by atoms with Crippen LogP contribution in [0.1, 0.15) is 64.7 Å². The van der Waals surface area contributed by atoms with Crippen molar-refractivity contribution in [3.8, 4) is 6.07 Å². The van der Waals surface area contributed by atoms with Crippen LogP contribution < -0.4 is 0 Å². The quantitative estimate of drug-likeness (QED) is 0.683. The second-order valence-corrected chi connectivity index (χ2v) is 6.05. The van der Waals surface area contributed by atoms with Crippen LogP contribution in [0.2, 0.25) is 0 Å². The van der Waals surface area contributed by atoms with Crippen LogP contribution in [-0.4, -0.2) is 22.3 Å². The van der Waals surface area contributed by atoms with Gasteiger partial charge in [-0.3, -0.25) is 14.5 Å². The van der Waals surface area contributed by atoms with Crippen molar-refractivity contribution in [2.45, 2.75) is 70.3 Å². The van der Waals surface area contributed by atoms with E-state index in [1.807, 2.05) is 6.92 Å². The van der Waals surface area contributed by atoms with Crippen molar-refractivity contribution >= 4 is 11.8 Å². The lowest BCUT2D eigenvalue weighted by atomic mass is 9.81. The molecule has 2 rings (SSSR count). The third-order valence-corrected chi connectivity index (χ3v) is 4.36. The number of imide groups is 1. The molecule has 0 unspecified atom stereocenters. The number of nitriles is 1. The van der Waals surface area contributed by atoms with Crippen LogP contribution in [0.4, 0.5) is 0 Å². The first kappa shape index (κ1) is 14.0. The fourth-order valence-electron chi connectivity index (χ4n) is 3.34. The lowest BCUT2D eigenvalue weighted by Gasteiger charge is -2.41. The highest BCUT2D eigenvalue weighted by Crippen LogP contribution is 2.35. The number of nitrogens with zero attached hydrogens (tertiary/aromatic N) is 2. The molecule has 19 heavy (non-hydrogen) atoms. The fraction of sp³-hybridized carbons (Fsp3) is 0.800. The fourth-order valence-corrected chi connectivity index (χ4v) is 3.34. The van der Waals surface area contributed by atoms with Gasteiger partial charge in [0.25, 0.3) is 0 Å². The molecule has 4 heteroatoms. The number of rotatable bonds is 1. The van der Waals surface area contributed by atoms with E-state index in [4.69, 9.17) is 0 Å². The van der Waals surface area contributed by atoms with E-state index < -0.39 is 5.54 Å². The number of amides is 2. The zero-order valence-corrected chi connectivity index (χ0v) is 11.7. The van der Waals surface area contributed by atoms with Crippen LogP contribution in [0.15, 0.2) is 0 Å². The lowest BCUT2D eigenvalue weighted by molar-refractivity contribution is -0.156. The smallest absolute Gasteiger partial charge is 0.230 e. The van der Waals surface area contributed by atoms with E-state index in [1.165, 1.54) is 11.3 Å². The van der Waals surface area contributed by atoms with E-state index in [-0.39, 0.29) is 17.7 Å². The molecule has 104 valence electrons. The number of carbonyl (C=O) groups excluding carboxylic acids is 2. The summed E-state index contributed by atoms with van der Waals surface area (Å²) in [5.41, 5.74) is -0.866. The van der Waals surface area contributed by atoms with E-state index >= 15 is 0 Å². The second kappa shape index (κ2) is 5.73. The van der Waals surface area contributed by atoms with E-state index in [1.54, 1.807) is 0 Å². The number of hydrogen-bond donors (Lipinski definition) is 0. The van der Waals surface area contributed by atoms with Gasteiger partial charge in [-0.15, -0.1) is 0 Å². The van der Waals surface area contributed by atoms with E-state index in [0.717, 1.165) is 25.7 Å². The monoisotopic (exact) mass is 262 g/mol. The van der Waals surface area contributed by atoms with Gasteiger partial charge in [-0.25, -0.2) is 0 Å². The molecule has 2 aliphatic rings. The Kier molecular flexibility index (Phi) is 4.24. The molecule has 0 atom stereocenters. The summed E-state index contributed by atoms with van der Waals surface area (Å²) in [6.45, 7) is 1.92. The first-order chi connectivity index (χ1) is 9.09. The molecular formula is C15H22N2O2. The summed E-state index contributed by atoms with van der Waals surface area (Å²) in [5, 5.41) is 9.62. The van der Waals surface area contributed by atoms with Crippen molar-refractivity contribution in [2.24, 2.45) is 5.92 Å². The van der Waals surface area contributed by atoms with E-state index in [0.29, 0.717) is 25.7 Å². The van der Waals surface area contributed by atoms with Crippen molar-refractivity contribution in [1.29, 1.82) is 5.26 Å². The van der Waals surface area contributed by atoms with Gasteiger partial charge in [0.2, 0.25) is 11.8 Å². The van der Waals surface area contributed by atoms with Crippen LogP contribution in [0, 0.1) is 17.2 Å². The number of piperidine rings is 1. The molecule has 0 aromatic rings. The van der Waals surface area contributed by atoms with Gasteiger partial charge in [0.1, 0.15) is 5.54 Å². The molecule has 1 aliphatic carbocycles. The number of likely N-dealkylation sites (tertiary alicyclic amines) is 1. The first-order valence-corrected chi connectivity index (χ1v) is 7.36. The van der Waals surface area contributed by atoms with Crippen LogP contribution in [0.25, 0.3) is 0 Å². The third-order valence-electron chi connectivity index (χ3n) is 4.36. The molecule has 0 radical (unpaired) electrons. The molecule has 0 spiro atoms. The molecule has 0 N–H and O–H groups in total. The Morgan fingerprint density at radius 2 is 1.53 bits per heavy atom. The Morgan fingerprint density at radius 3 is 2.00 bits per heavy atom. The first-order valence-electron chi connectivity index (χ1n) is 7.36. The highest BCUT2D eigenvalue weighted by Gasteiger charge is 2.45. The van der Waals surface area contributed by atoms with Crippen LogP contribution in [0.3, 0.4) is 0 Å². The molecule has 1 saturated heterocycles. The van der Waals surface area contributed by atoms with Gasteiger partial charge in [0.15, 0.2) is 0 Å². The van der Waals surface area contributed by atoms with E-state index in [2.05, 4.69) is 6.07 Å². The van der Waals surface area contributed by atoms with Gasteiger partial charge in [-0.1, -0.05) is 39.0 Å². The number of hydrogen-bond acceptors (Lipinski definition) is 3. The Hall–Kier alpha value is -1.37. The van der Waals surface area contributed by atoms with Crippen molar-refractivity contribution < 1.29 is 9.59 Å². The summed E-state index contributed by atoms with van der Waals surface area (Å²) in [7, 11) is 0. The highest BCUT2D eigenvalue weighted by molar-refractivity contribution is 5.99. The predicted octanol–water partition coefficient (Wildman–Crippen LogP) is 2.78. The van der Waals surface area contributed by atoms with Gasteiger partial charge >= 0.3 is 0 Å². The normalized spacial score (nSPS) is 25.6. The van der Waals surface area contributed by atoms with Crippen LogP contribution >= 0.6 is 0 Å². The average Bonchev–Trinajstić information content (AvgIpc) is 2.30. The van der Waals surface area contributed by atoms with Crippen molar-refractivity contribution in [3.63, 3.8) is 0 Å². The molecule has 0 aromatic carbocycles. The van der Waals surface area contributed by atoms with Crippen molar-refractivity contribution in [1.82, 2.24) is 4.90 Å². The molecule has 0 aromatic heterocycles. The van der Waals surface area contributed by atoms with Gasteiger partial charge in [0, 0.05) is 12.8 Å². The molecule has 0 bridgehead atoms. The second-order valence-electron chi connectivity index (χ2n) is 6.05. The maximum atomic E-state index is 12.2. The molecule has 1 heterocycles. The summed E-state index contributed by atoms with van der Waals surface area (Å²) < 4.78 is 0. The predicted molar refractivity (Wildman–Crippen MR) is 70.9 cm³/mol. The van der Waals surface area contributed by atoms with E-state index in [9.17, 15) is 14.9 Å². The topological polar surface area (TPSA) is 61.2 Å². The van der Waals surface area contributed by atoms with Crippen molar-refractivity contribution in [2.75, 3.05) is 0 Å². The standard InChI is InChI=1S/C15H22N2O2/c1-12-9-13(18)17(14(19)10-12)15(11-16)7-5-3-2-4-6-8-15/h12H,2-10H2,1H3. The van der Waals surface area contributed by atoms with Gasteiger partial charge in [-0.2, -0.15) is 5.26 Å². The molecule has 4 nitrogen and oxygen atoms in total. The summed E-state index contributed by atoms with van der Waals surface area (Å²) in [6.07, 6.45) is 7.34. The zero-order chi connectivity index (χ0) is 13.9. The summed E-state index contributed by atoms with van der Waals surface area (Å²) in [5.74, 6) is -0.183.